The summed E-state index contributed by atoms with van der Waals surface area (Å²) in [6.07, 6.45) is 0.775. The van der Waals surface area contributed by atoms with Crippen LogP contribution in [0.3, 0.4) is 0 Å². The van der Waals surface area contributed by atoms with Gasteiger partial charge in [0.25, 0.3) is 0 Å². The summed E-state index contributed by atoms with van der Waals surface area (Å²) in [7, 11) is 0. The van der Waals surface area contributed by atoms with E-state index in [4.69, 9.17) is 4.42 Å². The normalized spacial score (nSPS) is 12.3. The maximum atomic E-state index is 5.64. The fourth-order valence-electron chi connectivity index (χ4n) is 2.52. The summed E-state index contributed by atoms with van der Waals surface area (Å²) in [5, 5.41) is 8.44. The Hall–Kier alpha value is -2.07. The molecule has 23 heavy (non-hydrogen) atoms. The van der Waals surface area contributed by atoms with Gasteiger partial charge < -0.3 is 4.42 Å². The summed E-state index contributed by atoms with van der Waals surface area (Å²) in [6.45, 7) is 4.18. The van der Waals surface area contributed by atoms with E-state index in [1.54, 1.807) is 0 Å². The molecule has 0 amide bonds. The molecule has 0 fully saturated rings. The first-order valence-corrected chi connectivity index (χ1v) is 8.86. The Balaban J connectivity index is 1.85. The van der Waals surface area contributed by atoms with Crippen molar-refractivity contribution in [1.82, 2.24) is 10.2 Å². The first-order chi connectivity index (χ1) is 11.3. The van der Waals surface area contributed by atoms with Crippen molar-refractivity contribution in [3.05, 3.63) is 83.1 Å². The summed E-state index contributed by atoms with van der Waals surface area (Å²) in [5.74, 6) is 2.11. The van der Waals surface area contributed by atoms with Crippen LogP contribution in [0.1, 0.15) is 40.6 Å². The monoisotopic (exact) mass is 324 g/mol. The van der Waals surface area contributed by atoms with Crippen LogP contribution >= 0.6 is 11.8 Å². The zero-order chi connectivity index (χ0) is 16.1. The first-order valence-electron chi connectivity index (χ1n) is 7.81. The van der Waals surface area contributed by atoms with E-state index in [1.165, 1.54) is 16.7 Å². The molecule has 3 rings (SSSR count). The summed E-state index contributed by atoms with van der Waals surface area (Å²) >= 11 is 1.82. The van der Waals surface area contributed by atoms with Crippen molar-refractivity contribution >= 4 is 11.8 Å². The van der Waals surface area contributed by atoms with Crippen LogP contribution in [0.25, 0.3) is 0 Å². The molecule has 0 unspecified atom stereocenters. The molecule has 3 aromatic rings. The summed E-state index contributed by atoms with van der Waals surface area (Å²) in [4.78, 5) is 0. The fourth-order valence-corrected chi connectivity index (χ4v) is 3.74. The lowest BCUT2D eigenvalue weighted by atomic mass is 10.0. The molecule has 118 valence electrons. The molecule has 1 aromatic heterocycles. The van der Waals surface area contributed by atoms with Crippen molar-refractivity contribution in [3.8, 4) is 0 Å². The molecule has 4 heteroatoms. The lowest BCUT2D eigenvalue weighted by Crippen LogP contribution is -2.00. The van der Waals surface area contributed by atoms with Crippen molar-refractivity contribution in [2.75, 3.05) is 0 Å². The average Bonchev–Trinajstić information content (AvgIpc) is 3.06. The average molecular weight is 324 g/mol. The van der Waals surface area contributed by atoms with E-state index in [0.717, 1.165) is 6.42 Å². The van der Waals surface area contributed by atoms with E-state index < -0.39 is 0 Å². The van der Waals surface area contributed by atoms with Gasteiger partial charge in [-0.3, -0.25) is 0 Å². The molecule has 0 saturated carbocycles. The van der Waals surface area contributed by atoms with E-state index in [1.807, 2.05) is 18.7 Å². The number of thioether (sulfide) groups is 1. The quantitative estimate of drug-likeness (QED) is 0.642. The number of hydrogen-bond acceptors (Lipinski definition) is 4. The topological polar surface area (TPSA) is 38.9 Å². The maximum Gasteiger partial charge on any atom is 0.226 e. The van der Waals surface area contributed by atoms with Gasteiger partial charge in [-0.15, -0.1) is 22.0 Å². The minimum atomic E-state index is 0.259. The van der Waals surface area contributed by atoms with E-state index >= 15 is 0 Å². The highest BCUT2D eigenvalue weighted by atomic mass is 32.2. The predicted molar refractivity (Wildman–Crippen MR) is 94.4 cm³/mol. The van der Waals surface area contributed by atoms with Gasteiger partial charge in [0, 0.05) is 6.42 Å². The Labute approximate surface area is 141 Å². The summed E-state index contributed by atoms with van der Waals surface area (Å²) < 4.78 is 5.64. The lowest BCUT2D eigenvalue weighted by molar-refractivity contribution is 0.470. The van der Waals surface area contributed by atoms with Crippen LogP contribution in [0.4, 0.5) is 0 Å². The van der Waals surface area contributed by atoms with Crippen LogP contribution in [-0.2, 0) is 12.2 Å². The highest BCUT2D eigenvalue weighted by Crippen LogP contribution is 2.38. The van der Waals surface area contributed by atoms with Gasteiger partial charge in [-0.2, -0.15) is 0 Å². The smallest absolute Gasteiger partial charge is 0.226 e. The second-order valence-electron chi connectivity index (χ2n) is 5.40. The number of rotatable bonds is 6. The molecule has 0 N–H and O–H groups in total. The Morgan fingerprint density at radius 3 is 2.35 bits per heavy atom. The van der Waals surface area contributed by atoms with Gasteiger partial charge in [0.15, 0.2) is 0 Å². The van der Waals surface area contributed by atoms with Crippen LogP contribution in [0.5, 0.6) is 0 Å². The molecular formula is C19H20N2OS. The first kappa shape index (κ1) is 15.8. The lowest BCUT2D eigenvalue weighted by Gasteiger charge is -2.19. The molecule has 1 atom stereocenters. The van der Waals surface area contributed by atoms with Gasteiger partial charge in [0.2, 0.25) is 11.8 Å². The standard InChI is InChI=1S/C19H20N2OS/c1-3-17-20-21-18(22-17)13-23-19(15-10-5-4-6-11-15)16-12-8-7-9-14(16)2/h4-12,19H,3,13H2,1-2H3/t19-/m0/s1. The Morgan fingerprint density at radius 1 is 0.957 bits per heavy atom. The van der Waals surface area contributed by atoms with Gasteiger partial charge >= 0.3 is 0 Å². The van der Waals surface area contributed by atoms with Crippen LogP contribution in [0.2, 0.25) is 0 Å². The zero-order valence-electron chi connectivity index (χ0n) is 13.4. The van der Waals surface area contributed by atoms with Crippen LogP contribution in [0, 0.1) is 6.92 Å². The highest BCUT2D eigenvalue weighted by Gasteiger charge is 2.18. The Morgan fingerprint density at radius 2 is 1.65 bits per heavy atom. The van der Waals surface area contributed by atoms with Crippen molar-refractivity contribution in [1.29, 1.82) is 0 Å². The third-order valence-corrected chi connectivity index (χ3v) is 5.03. The second kappa shape index (κ2) is 7.47. The van der Waals surface area contributed by atoms with Crippen molar-refractivity contribution < 1.29 is 4.42 Å². The molecule has 0 saturated heterocycles. The number of aryl methyl sites for hydroxylation is 2. The van der Waals surface area contributed by atoms with E-state index in [-0.39, 0.29) is 5.25 Å². The molecule has 2 aromatic carbocycles. The molecule has 0 aliphatic rings. The summed E-state index contributed by atoms with van der Waals surface area (Å²) in [6, 6.07) is 19.1. The minimum Gasteiger partial charge on any atom is -0.424 e. The number of nitrogens with zero attached hydrogens (tertiary/aromatic N) is 2. The van der Waals surface area contributed by atoms with Crippen LogP contribution in [-0.4, -0.2) is 10.2 Å². The number of benzene rings is 2. The second-order valence-corrected chi connectivity index (χ2v) is 6.49. The Kier molecular flexibility index (Phi) is 5.13. The van der Waals surface area contributed by atoms with Crippen molar-refractivity contribution in [2.45, 2.75) is 31.3 Å². The highest BCUT2D eigenvalue weighted by molar-refractivity contribution is 7.98. The van der Waals surface area contributed by atoms with E-state index in [9.17, 15) is 0 Å². The number of aromatic nitrogens is 2. The van der Waals surface area contributed by atoms with Gasteiger partial charge in [-0.1, -0.05) is 61.5 Å². The molecule has 0 aliphatic carbocycles. The fraction of sp³-hybridized carbons (Fsp3) is 0.263. The van der Waals surface area contributed by atoms with Crippen LogP contribution < -0.4 is 0 Å². The van der Waals surface area contributed by atoms with Crippen LogP contribution in [0.15, 0.2) is 59.0 Å². The molecule has 3 nitrogen and oxygen atoms in total. The Bertz CT molecular complexity index is 755. The SMILES string of the molecule is CCc1nnc(CS[C@@H](c2ccccc2)c2ccccc2C)o1. The van der Waals surface area contributed by atoms with E-state index in [2.05, 4.69) is 71.7 Å². The summed E-state index contributed by atoms with van der Waals surface area (Å²) in [5.41, 5.74) is 3.93. The molecule has 0 spiro atoms. The van der Waals surface area contributed by atoms with E-state index in [0.29, 0.717) is 17.5 Å². The van der Waals surface area contributed by atoms with Gasteiger partial charge in [-0.05, 0) is 23.6 Å². The zero-order valence-corrected chi connectivity index (χ0v) is 14.2. The van der Waals surface area contributed by atoms with Gasteiger partial charge in [-0.25, -0.2) is 0 Å². The molecule has 0 radical (unpaired) electrons. The van der Waals surface area contributed by atoms with Gasteiger partial charge in [0.05, 0.1) is 11.0 Å². The minimum absolute atomic E-state index is 0.259. The third-order valence-electron chi connectivity index (χ3n) is 3.76. The van der Waals surface area contributed by atoms with Crippen molar-refractivity contribution in [3.63, 3.8) is 0 Å². The molecule has 0 bridgehead atoms. The van der Waals surface area contributed by atoms with Gasteiger partial charge in [0.1, 0.15) is 0 Å². The van der Waals surface area contributed by atoms with Crippen molar-refractivity contribution in [2.24, 2.45) is 0 Å². The predicted octanol–water partition coefficient (Wildman–Crippen LogP) is 4.96. The molecule has 0 aliphatic heterocycles. The molecule has 1 heterocycles. The third kappa shape index (κ3) is 3.82. The molecular weight excluding hydrogens is 304 g/mol. The number of hydrogen-bond donors (Lipinski definition) is 0. The maximum absolute atomic E-state index is 5.64. The largest absolute Gasteiger partial charge is 0.424 e.